The summed E-state index contributed by atoms with van der Waals surface area (Å²) in [7, 11) is 0. The first-order valence-electron chi connectivity index (χ1n) is 7.20. The molecule has 1 aromatic carbocycles. The molecule has 0 bridgehead atoms. The number of carbonyl (C=O) groups excluding carboxylic acids is 1. The molecule has 7 heteroatoms. The van der Waals surface area contributed by atoms with Crippen LogP contribution in [0.2, 0.25) is 0 Å². The van der Waals surface area contributed by atoms with Crippen molar-refractivity contribution in [3.8, 4) is 0 Å². The van der Waals surface area contributed by atoms with Crippen LogP contribution in [0.5, 0.6) is 0 Å². The molecule has 0 fully saturated rings. The van der Waals surface area contributed by atoms with Gasteiger partial charge in [0.05, 0.1) is 18.2 Å². The van der Waals surface area contributed by atoms with Crippen LogP contribution in [0.15, 0.2) is 29.5 Å². The Morgan fingerprint density at radius 3 is 2.70 bits per heavy atom. The van der Waals surface area contributed by atoms with Gasteiger partial charge in [0.25, 0.3) is 0 Å². The lowest BCUT2D eigenvalue weighted by atomic mass is 9.95. The highest BCUT2D eigenvalue weighted by Crippen LogP contribution is 2.29. The first kappa shape index (κ1) is 17.3. The van der Waals surface area contributed by atoms with Crippen LogP contribution >= 0.6 is 12.2 Å². The van der Waals surface area contributed by atoms with E-state index in [1.165, 1.54) is 6.07 Å². The quantitative estimate of drug-likeness (QED) is 0.652. The normalized spacial score (nSPS) is 17.8. The Labute approximate surface area is 138 Å². The van der Waals surface area contributed by atoms with E-state index in [0.717, 1.165) is 12.1 Å². The van der Waals surface area contributed by atoms with Gasteiger partial charge in [0.2, 0.25) is 0 Å². The average Bonchev–Trinajstić information content (AvgIpc) is 2.44. The van der Waals surface area contributed by atoms with Crippen molar-refractivity contribution in [1.82, 2.24) is 10.6 Å². The van der Waals surface area contributed by atoms with E-state index in [1.807, 2.05) is 13.8 Å². The predicted molar refractivity (Wildman–Crippen MR) is 86.5 cm³/mol. The molecule has 124 valence electrons. The third kappa shape index (κ3) is 4.04. The zero-order chi connectivity index (χ0) is 17.1. The van der Waals surface area contributed by atoms with E-state index in [-0.39, 0.29) is 28.8 Å². The van der Waals surface area contributed by atoms with E-state index in [0.29, 0.717) is 5.70 Å². The lowest BCUT2D eigenvalue weighted by Crippen LogP contribution is -2.45. The number of thiocarbonyl (C=S) groups is 1. The average molecular weight is 340 g/mol. The standard InChI is InChI=1S/C16H18F2N2O2S/c1-8(2)7-22-15(21)13-9(3)19-16(23)20-14(13)11-5-4-10(17)6-12(11)18/h4-6,8,14H,7H2,1-3H3,(H2,19,20,23)/t14-/m1/s1. The van der Waals surface area contributed by atoms with Gasteiger partial charge in [-0.25, -0.2) is 13.6 Å². The summed E-state index contributed by atoms with van der Waals surface area (Å²) in [5.74, 6) is -1.83. The zero-order valence-electron chi connectivity index (χ0n) is 13.1. The summed E-state index contributed by atoms with van der Waals surface area (Å²) < 4.78 is 32.5. The van der Waals surface area contributed by atoms with Crippen LogP contribution in [-0.4, -0.2) is 17.7 Å². The van der Waals surface area contributed by atoms with E-state index >= 15 is 0 Å². The number of halogens is 2. The van der Waals surface area contributed by atoms with Gasteiger partial charge >= 0.3 is 5.97 Å². The highest BCUT2D eigenvalue weighted by molar-refractivity contribution is 7.80. The number of nitrogens with one attached hydrogen (secondary N) is 2. The molecule has 2 N–H and O–H groups in total. The number of allylic oxidation sites excluding steroid dienone is 1. The van der Waals surface area contributed by atoms with Gasteiger partial charge in [0.15, 0.2) is 5.11 Å². The molecular formula is C16H18F2N2O2S. The molecule has 0 unspecified atom stereocenters. The topological polar surface area (TPSA) is 50.4 Å². The van der Waals surface area contributed by atoms with Gasteiger partial charge in [-0.1, -0.05) is 19.9 Å². The fourth-order valence-electron chi connectivity index (χ4n) is 2.25. The molecule has 2 rings (SSSR count). The van der Waals surface area contributed by atoms with Crippen molar-refractivity contribution in [3.05, 3.63) is 46.7 Å². The summed E-state index contributed by atoms with van der Waals surface area (Å²) in [5.41, 5.74) is 0.840. The van der Waals surface area contributed by atoms with Gasteiger partial charge in [0, 0.05) is 17.3 Å². The van der Waals surface area contributed by atoms with Crippen LogP contribution in [0.3, 0.4) is 0 Å². The second kappa shape index (κ2) is 7.04. The lowest BCUT2D eigenvalue weighted by Gasteiger charge is -2.30. The molecule has 1 aromatic rings. The maximum absolute atomic E-state index is 14.1. The third-order valence-corrected chi connectivity index (χ3v) is 3.53. The fraction of sp³-hybridized carbons (Fsp3) is 0.375. The molecule has 0 saturated heterocycles. The second-order valence-corrected chi connectivity index (χ2v) is 6.14. The molecule has 0 amide bonds. The summed E-state index contributed by atoms with van der Waals surface area (Å²) in [5, 5.41) is 5.93. The van der Waals surface area contributed by atoms with Crippen LogP contribution in [0, 0.1) is 17.6 Å². The number of esters is 1. The summed E-state index contributed by atoms with van der Waals surface area (Å²) >= 11 is 5.07. The molecule has 4 nitrogen and oxygen atoms in total. The van der Waals surface area contributed by atoms with Gasteiger partial charge in [0.1, 0.15) is 11.6 Å². The summed E-state index contributed by atoms with van der Waals surface area (Å²) in [6, 6.07) is 2.37. The number of ether oxygens (including phenoxy) is 1. The van der Waals surface area contributed by atoms with Crippen molar-refractivity contribution >= 4 is 23.3 Å². The number of benzene rings is 1. The Morgan fingerprint density at radius 2 is 2.09 bits per heavy atom. The Balaban J connectivity index is 2.40. The Kier molecular flexibility index (Phi) is 5.30. The van der Waals surface area contributed by atoms with Crippen molar-refractivity contribution in [2.45, 2.75) is 26.8 Å². The minimum atomic E-state index is -0.830. The smallest absolute Gasteiger partial charge is 0.338 e. The first-order chi connectivity index (χ1) is 10.8. The van der Waals surface area contributed by atoms with E-state index in [1.54, 1.807) is 6.92 Å². The van der Waals surface area contributed by atoms with Gasteiger partial charge in [-0.3, -0.25) is 0 Å². The Hall–Kier alpha value is -2.02. The number of rotatable bonds is 4. The Bertz CT molecular complexity index is 674. The minimum absolute atomic E-state index is 0.131. The van der Waals surface area contributed by atoms with Crippen molar-refractivity contribution < 1.29 is 18.3 Å². The third-order valence-electron chi connectivity index (χ3n) is 3.31. The van der Waals surface area contributed by atoms with Gasteiger partial charge < -0.3 is 15.4 Å². The zero-order valence-corrected chi connectivity index (χ0v) is 13.9. The highest BCUT2D eigenvalue weighted by Gasteiger charge is 2.32. The van der Waals surface area contributed by atoms with E-state index in [2.05, 4.69) is 10.6 Å². The summed E-state index contributed by atoms with van der Waals surface area (Å²) in [6.07, 6.45) is 0. The van der Waals surface area contributed by atoms with E-state index in [4.69, 9.17) is 17.0 Å². The van der Waals surface area contributed by atoms with Gasteiger partial charge in [-0.2, -0.15) is 0 Å². The molecule has 0 aromatic heterocycles. The molecule has 1 aliphatic rings. The van der Waals surface area contributed by atoms with Crippen molar-refractivity contribution in [2.75, 3.05) is 6.61 Å². The number of carbonyl (C=O) groups is 1. The minimum Gasteiger partial charge on any atom is -0.462 e. The van der Waals surface area contributed by atoms with E-state index < -0.39 is 23.6 Å². The first-order valence-corrected chi connectivity index (χ1v) is 7.60. The van der Waals surface area contributed by atoms with Crippen LogP contribution in [0.4, 0.5) is 8.78 Å². The molecule has 0 spiro atoms. The van der Waals surface area contributed by atoms with Crippen LogP contribution in [0.25, 0.3) is 0 Å². The van der Waals surface area contributed by atoms with Crippen LogP contribution in [-0.2, 0) is 9.53 Å². The second-order valence-electron chi connectivity index (χ2n) is 5.73. The predicted octanol–water partition coefficient (Wildman–Crippen LogP) is 2.96. The maximum atomic E-state index is 14.1. The summed E-state index contributed by atoms with van der Waals surface area (Å²) in [6.45, 7) is 5.74. The van der Waals surface area contributed by atoms with Crippen LogP contribution < -0.4 is 10.6 Å². The lowest BCUT2D eigenvalue weighted by molar-refractivity contribution is -0.140. The fourth-order valence-corrected chi connectivity index (χ4v) is 2.52. The molecule has 0 saturated carbocycles. The summed E-state index contributed by atoms with van der Waals surface area (Å²) in [4.78, 5) is 12.4. The largest absolute Gasteiger partial charge is 0.462 e. The molecule has 1 heterocycles. The van der Waals surface area contributed by atoms with Gasteiger partial charge in [-0.05, 0) is 31.1 Å². The van der Waals surface area contributed by atoms with Crippen LogP contribution in [0.1, 0.15) is 32.4 Å². The molecular weight excluding hydrogens is 322 g/mol. The van der Waals surface area contributed by atoms with Crippen molar-refractivity contribution in [2.24, 2.45) is 5.92 Å². The Morgan fingerprint density at radius 1 is 1.39 bits per heavy atom. The molecule has 0 radical (unpaired) electrons. The van der Waals surface area contributed by atoms with E-state index in [9.17, 15) is 13.6 Å². The monoisotopic (exact) mass is 340 g/mol. The van der Waals surface area contributed by atoms with Gasteiger partial charge in [-0.15, -0.1) is 0 Å². The van der Waals surface area contributed by atoms with Crippen molar-refractivity contribution in [3.63, 3.8) is 0 Å². The molecule has 0 aliphatic carbocycles. The number of hydrogen-bond donors (Lipinski definition) is 2. The molecule has 23 heavy (non-hydrogen) atoms. The highest BCUT2D eigenvalue weighted by atomic mass is 32.1. The maximum Gasteiger partial charge on any atom is 0.338 e. The SMILES string of the molecule is CC1=C(C(=O)OCC(C)C)[C@@H](c2ccc(F)cc2F)NC(=S)N1. The molecule has 1 atom stereocenters. The number of hydrogen-bond acceptors (Lipinski definition) is 3. The van der Waals surface area contributed by atoms with Crippen molar-refractivity contribution in [1.29, 1.82) is 0 Å². The molecule has 1 aliphatic heterocycles.